The Bertz CT molecular complexity index is 992. The third-order valence-electron chi connectivity index (χ3n) is 6.05. The first kappa shape index (κ1) is 34.4. The number of nitrogens with one attached hydrogen (secondary N) is 3. The summed E-state index contributed by atoms with van der Waals surface area (Å²) in [5.74, 6) is -2.78. The fraction of sp³-hybridized carbons (Fsp3) is 0.621. The molecule has 0 unspecified atom stereocenters. The second kappa shape index (κ2) is 16.5. The molecule has 0 radical (unpaired) electrons. The normalized spacial score (nSPS) is 14.3. The van der Waals surface area contributed by atoms with Crippen LogP contribution in [0.25, 0.3) is 0 Å². The molecule has 0 bridgehead atoms. The van der Waals surface area contributed by atoms with Gasteiger partial charge in [-0.2, -0.15) is 0 Å². The van der Waals surface area contributed by atoms with E-state index in [2.05, 4.69) is 16.0 Å². The summed E-state index contributed by atoms with van der Waals surface area (Å²) in [5.41, 5.74) is 5.56. The lowest BCUT2D eigenvalue weighted by atomic mass is 9.96. The highest BCUT2D eigenvalue weighted by Gasteiger charge is 2.32. The van der Waals surface area contributed by atoms with Crippen molar-refractivity contribution in [3.05, 3.63) is 35.9 Å². The van der Waals surface area contributed by atoms with Crippen molar-refractivity contribution in [2.24, 2.45) is 17.6 Å². The Hall–Kier alpha value is -3.63. The van der Waals surface area contributed by atoms with Crippen LogP contribution in [0.3, 0.4) is 0 Å². The molecule has 5 N–H and O–H groups in total. The van der Waals surface area contributed by atoms with Gasteiger partial charge in [0.05, 0.1) is 0 Å². The van der Waals surface area contributed by atoms with Gasteiger partial charge in [0.2, 0.25) is 17.7 Å². The van der Waals surface area contributed by atoms with Gasteiger partial charge in [0.25, 0.3) is 0 Å². The zero-order valence-electron chi connectivity index (χ0n) is 24.7. The monoisotopic (exact) mass is 562 g/mol. The Balaban J connectivity index is 2.87. The number of benzene rings is 1. The molecule has 0 fully saturated rings. The molecule has 11 nitrogen and oxygen atoms in total. The summed E-state index contributed by atoms with van der Waals surface area (Å²) in [5, 5.41) is 7.88. The van der Waals surface area contributed by atoms with Crippen LogP contribution < -0.4 is 21.7 Å². The number of ether oxygens (including phenoxy) is 2. The second-order valence-corrected chi connectivity index (χ2v) is 11.3. The third kappa shape index (κ3) is 13.4. The van der Waals surface area contributed by atoms with Crippen molar-refractivity contribution < 1.29 is 33.4 Å². The Morgan fingerprint density at radius 2 is 1.50 bits per heavy atom. The molecule has 4 amide bonds. The Morgan fingerprint density at radius 1 is 0.900 bits per heavy atom. The maximum absolute atomic E-state index is 13.3. The molecule has 0 heterocycles. The predicted molar refractivity (Wildman–Crippen MR) is 151 cm³/mol. The molecule has 0 spiro atoms. The van der Waals surface area contributed by atoms with Crippen molar-refractivity contribution >= 4 is 29.8 Å². The van der Waals surface area contributed by atoms with Crippen LogP contribution in [0.5, 0.6) is 0 Å². The minimum Gasteiger partial charge on any atom is -0.461 e. The van der Waals surface area contributed by atoms with E-state index in [1.165, 1.54) is 0 Å². The van der Waals surface area contributed by atoms with Gasteiger partial charge in [-0.1, -0.05) is 64.4 Å². The summed E-state index contributed by atoms with van der Waals surface area (Å²) in [6.07, 6.45) is -0.100. The van der Waals surface area contributed by atoms with Gasteiger partial charge in [0.1, 0.15) is 30.3 Å². The lowest BCUT2D eigenvalue weighted by Crippen LogP contribution is -2.58. The van der Waals surface area contributed by atoms with Crippen LogP contribution in [-0.4, -0.2) is 53.5 Å². The third-order valence-corrected chi connectivity index (χ3v) is 6.05. The molecule has 0 aliphatic rings. The zero-order chi connectivity index (χ0) is 30.5. The molecule has 0 aliphatic heterocycles. The fourth-order valence-corrected chi connectivity index (χ4v) is 3.73. The number of carbonyl (C=O) groups is 5. The molecule has 224 valence electrons. The van der Waals surface area contributed by atoms with Gasteiger partial charge >= 0.3 is 12.1 Å². The zero-order valence-corrected chi connectivity index (χ0v) is 24.7. The highest BCUT2D eigenvalue weighted by molar-refractivity contribution is 5.93. The summed E-state index contributed by atoms with van der Waals surface area (Å²) in [6.45, 7) is 12.7. The highest BCUT2D eigenvalue weighted by atomic mass is 16.6. The topological polar surface area (TPSA) is 166 Å². The van der Waals surface area contributed by atoms with Gasteiger partial charge in [0, 0.05) is 6.42 Å². The molecular formula is C29H46N4O7. The summed E-state index contributed by atoms with van der Waals surface area (Å²) in [6, 6.07) is 6.03. The largest absolute Gasteiger partial charge is 0.461 e. The average molecular weight is 563 g/mol. The van der Waals surface area contributed by atoms with E-state index in [9.17, 15) is 24.0 Å². The molecule has 11 heteroatoms. The van der Waals surface area contributed by atoms with E-state index in [-0.39, 0.29) is 37.7 Å². The summed E-state index contributed by atoms with van der Waals surface area (Å²) < 4.78 is 10.5. The van der Waals surface area contributed by atoms with E-state index >= 15 is 0 Å². The molecule has 1 rings (SSSR count). The van der Waals surface area contributed by atoms with Crippen molar-refractivity contribution in [1.29, 1.82) is 0 Å². The molecule has 1 aromatic rings. The summed E-state index contributed by atoms with van der Waals surface area (Å²) in [7, 11) is 0. The van der Waals surface area contributed by atoms with Gasteiger partial charge in [-0.05, 0) is 51.0 Å². The van der Waals surface area contributed by atoms with Crippen LogP contribution in [0.2, 0.25) is 0 Å². The van der Waals surface area contributed by atoms with Crippen LogP contribution >= 0.6 is 0 Å². The second-order valence-electron chi connectivity index (χ2n) is 11.3. The van der Waals surface area contributed by atoms with E-state index in [1.54, 1.807) is 27.7 Å². The number of amides is 4. The number of rotatable bonds is 15. The lowest BCUT2D eigenvalue weighted by molar-refractivity contribution is -0.145. The molecule has 0 aromatic heterocycles. The van der Waals surface area contributed by atoms with E-state index < -0.39 is 53.5 Å². The number of nitrogens with two attached hydrogens (primary N) is 1. The fourth-order valence-electron chi connectivity index (χ4n) is 3.73. The van der Waals surface area contributed by atoms with Crippen molar-refractivity contribution in [2.75, 3.05) is 0 Å². The number of hydrogen-bond acceptors (Lipinski definition) is 7. The number of esters is 1. The van der Waals surface area contributed by atoms with Gasteiger partial charge < -0.3 is 31.2 Å². The van der Waals surface area contributed by atoms with Crippen LogP contribution in [0.1, 0.15) is 79.7 Å². The van der Waals surface area contributed by atoms with Gasteiger partial charge in [-0.15, -0.1) is 0 Å². The van der Waals surface area contributed by atoms with Crippen molar-refractivity contribution in [2.45, 2.75) is 104 Å². The van der Waals surface area contributed by atoms with Crippen molar-refractivity contribution in [1.82, 2.24) is 16.0 Å². The maximum Gasteiger partial charge on any atom is 0.408 e. The summed E-state index contributed by atoms with van der Waals surface area (Å²) in [4.78, 5) is 63.1. The Kier molecular flexibility index (Phi) is 14.2. The minimum atomic E-state index is -1.14. The highest BCUT2D eigenvalue weighted by Crippen LogP contribution is 2.13. The lowest BCUT2D eigenvalue weighted by Gasteiger charge is -2.29. The molecule has 1 aromatic carbocycles. The molecule has 40 heavy (non-hydrogen) atoms. The van der Waals surface area contributed by atoms with E-state index in [0.717, 1.165) is 5.56 Å². The Labute approximate surface area is 237 Å². The van der Waals surface area contributed by atoms with E-state index in [1.807, 2.05) is 51.1 Å². The quantitative estimate of drug-likeness (QED) is 0.239. The first-order chi connectivity index (χ1) is 18.6. The van der Waals surface area contributed by atoms with Gasteiger partial charge in [-0.25, -0.2) is 4.79 Å². The molecule has 4 atom stereocenters. The first-order valence-electron chi connectivity index (χ1n) is 13.7. The number of alkyl carbamates (subject to hydrolysis) is 1. The molecule has 0 saturated heterocycles. The van der Waals surface area contributed by atoms with E-state index in [0.29, 0.717) is 6.42 Å². The number of primary amides is 1. The van der Waals surface area contributed by atoms with Crippen LogP contribution in [-0.2, 0) is 35.3 Å². The summed E-state index contributed by atoms with van der Waals surface area (Å²) >= 11 is 0. The van der Waals surface area contributed by atoms with Crippen molar-refractivity contribution in [3.63, 3.8) is 0 Å². The predicted octanol–water partition coefficient (Wildman–Crippen LogP) is 2.95. The molecular weight excluding hydrogens is 516 g/mol. The number of hydrogen-bond donors (Lipinski definition) is 4. The van der Waals surface area contributed by atoms with Gasteiger partial charge in [0.15, 0.2) is 0 Å². The standard InChI is InChI=1S/C29H46N4O7/c1-8-19(4)24(33-28(38)40-29(5,6)7)27(37)32-22(16-18(2)3)26(36)31-21(25(30)35)14-15-23(34)39-17-20-12-10-9-11-13-20/h9-13,18-19,21-22,24H,8,14-17H2,1-7H3,(H2,30,35)(H,31,36)(H,32,37)(H,33,38)/t19-,21+,22-,24-/m0/s1. The van der Waals surface area contributed by atoms with E-state index in [4.69, 9.17) is 15.2 Å². The first-order valence-corrected chi connectivity index (χ1v) is 13.7. The maximum atomic E-state index is 13.3. The average Bonchev–Trinajstić information content (AvgIpc) is 2.86. The van der Waals surface area contributed by atoms with Gasteiger partial charge in [-0.3, -0.25) is 19.2 Å². The molecule has 0 aliphatic carbocycles. The van der Waals surface area contributed by atoms with Crippen LogP contribution in [0.4, 0.5) is 4.79 Å². The SMILES string of the molecule is CC[C@H](C)[C@H](NC(=O)OC(C)(C)C)C(=O)N[C@@H](CC(C)C)C(=O)N[C@H](CCC(=O)OCc1ccccc1)C(N)=O. The van der Waals surface area contributed by atoms with Crippen LogP contribution in [0.15, 0.2) is 30.3 Å². The van der Waals surface area contributed by atoms with Crippen molar-refractivity contribution in [3.8, 4) is 0 Å². The minimum absolute atomic E-state index is 0.0110. The smallest absolute Gasteiger partial charge is 0.408 e. The Morgan fingerprint density at radius 3 is 2.02 bits per heavy atom. The van der Waals surface area contributed by atoms with Crippen LogP contribution in [0, 0.1) is 11.8 Å². The molecule has 0 saturated carbocycles. The number of carbonyl (C=O) groups excluding carboxylic acids is 5.